The fourth-order valence-corrected chi connectivity index (χ4v) is 2.11. The molecule has 0 saturated carbocycles. The van der Waals surface area contributed by atoms with Crippen LogP contribution in [0.25, 0.3) is 0 Å². The molecule has 0 aromatic rings. The molecule has 2 unspecified atom stereocenters. The predicted molar refractivity (Wildman–Crippen MR) is 68.7 cm³/mol. The summed E-state index contributed by atoms with van der Waals surface area (Å²) in [4.78, 5) is 14.2. The van der Waals surface area contributed by atoms with E-state index in [1.165, 1.54) is 0 Å². The highest BCUT2D eigenvalue weighted by Gasteiger charge is 2.36. The molecule has 0 spiro atoms. The molecule has 0 aromatic carbocycles. The van der Waals surface area contributed by atoms with Crippen LogP contribution in [0.15, 0.2) is 0 Å². The summed E-state index contributed by atoms with van der Waals surface area (Å²) in [6, 6.07) is 0.237. The summed E-state index contributed by atoms with van der Waals surface area (Å²) in [6.45, 7) is 11.5. The van der Waals surface area contributed by atoms with Crippen LogP contribution in [0.2, 0.25) is 0 Å². The van der Waals surface area contributed by atoms with Crippen LogP contribution in [0.3, 0.4) is 0 Å². The van der Waals surface area contributed by atoms with Crippen LogP contribution in [0.4, 0.5) is 0 Å². The van der Waals surface area contributed by atoms with Gasteiger partial charge >= 0.3 is 0 Å². The van der Waals surface area contributed by atoms with E-state index in [4.69, 9.17) is 0 Å². The van der Waals surface area contributed by atoms with E-state index in [1.807, 2.05) is 25.7 Å². The van der Waals surface area contributed by atoms with E-state index in [0.717, 1.165) is 0 Å². The van der Waals surface area contributed by atoms with E-state index < -0.39 is 0 Å². The van der Waals surface area contributed by atoms with Crippen molar-refractivity contribution in [2.75, 3.05) is 19.7 Å². The van der Waals surface area contributed by atoms with E-state index in [1.54, 1.807) is 0 Å². The van der Waals surface area contributed by atoms with Crippen molar-refractivity contribution in [3.63, 3.8) is 0 Å². The molecule has 1 fully saturated rings. The summed E-state index contributed by atoms with van der Waals surface area (Å²) in [5.41, 5.74) is -0.383. The third kappa shape index (κ3) is 3.42. The fraction of sp³-hybridized carbons (Fsp3) is 0.923. The molecule has 1 aliphatic rings. The molecule has 100 valence electrons. The SMILES string of the molecule is CC(C)C1CN(C(=O)C(C)(C)C)C(CO)CN1. The molecule has 1 aliphatic heterocycles. The Morgan fingerprint density at radius 2 is 2.06 bits per heavy atom. The highest BCUT2D eigenvalue weighted by molar-refractivity contribution is 5.82. The first-order valence-electron chi connectivity index (χ1n) is 6.42. The van der Waals surface area contributed by atoms with Crippen LogP contribution >= 0.6 is 0 Å². The summed E-state index contributed by atoms with van der Waals surface area (Å²) in [5, 5.41) is 12.8. The normalized spacial score (nSPS) is 26.4. The molecule has 1 heterocycles. The lowest BCUT2D eigenvalue weighted by Gasteiger charge is -2.43. The quantitative estimate of drug-likeness (QED) is 0.755. The minimum atomic E-state index is -0.383. The highest BCUT2D eigenvalue weighted by Crippen LogP contribution is 2.22. The summed E-state index contributed by atoms with van der Waals surface area (Å²) in [7, 11) is 0. The lowest BCUT2D eigenvalue weighted by Crippen LogP contribution is -2.62. The molecule has 2 N–H and O–H groups in total. The van der Waals surface area contributed by atoms with Crippen LogP contribution in [0, 0.1) is 11.3 Å². The van der Waals surface area contributed by atoms with E-state index in [-0.39, 0.29) is 24.0 Å². The summed E-state index contributed by atoms with van der Waals surface area (Å²) in [6.07, 6.45) is 0. The molecule has 0 bridgehead atoms. The number of nitrogens with one attached hydrogen (secondary N) is 1. The standard InChI is InChI=1S/C13H26N2O2/c1-9(2)11-7-15(10(8-16)6-14-11)12(17)13(3,4)5/h9-11,14,16H,6-8H2,1-5H3. The predicted octanol–water partition coefficient (Wildman–Crippen LogP) is 0.850. The smallest absolute Gasteiger partial charge is 0.228 e. The molecule has 0 radical (unpaired) electrons. The van der Waals surface area contributed by atoms with Crippen molar-refractivity contribution in [1.82, 2.24) is 10.2 Å². The van der Waals surface area contributed by atoms with Gasteiger partial charge in [0.15, 0.2) is 0 Å². The fourth-order valence-electron chi connectivity index (χ4n) is 2.11. The molecule has 4 nitrogen and oxygen atoms in total. The van der Waals surface area contributed by atoms with E-state index in [9.17, 15) is 9.90 Å². The average Bonchev–Trinajstić information content (AvgIpc) is 2.25. The van der Waals surface area contributed by atoms with Crippen LogP contribution in [-0.4, -0.2) is 47.7 Å². The molecular weight excluding hydrogens is 216 g/mol. The molecule has 17 heavy (non-hydrogen) atoms. The van der Waals surface area contributed by atoms with Gasteiger partial charge in [-0.25, -0.2) is 0 Å². The van der Waals surface area contributed by atoms with E-state index >= 15 is 0 Å². The number of aliphatic hydroxyl groups is 1. The Hall–Kier alpha value is -0.610. The molecule has 1 saturated heterocycles. The topological polar surface area (TPSA) is 52.6 Å². The maximum atomic E-state index is 12.3. The molecule has 4 heteroatoms. The number of carbonyl (C=O) groups excluding carboxylic acids is 1. The van der Waals surface area contributed by atoms with Crippen molar-refractivity contribution < 1.29 is 9.90 Å². The maximum absolute atomic E-state index is 12.3. The second kappa shape index (κ2) is 5.36. The van der Waals surface area contributed by atoms with Gasteiger partial charge in [0.1, 0.15) is 0 Å². The van der Waals surface area contributed by atoms with Gasteiger partial charge in [0.25, 0.3) is 0 Å². The van der Waals surface area contributed by atoms with Gasteiger partial charge in [-0.05, 0) is 5.92 Å². The van der Waals surface area contributed by atoms with Crippen LogP contribution in [0.1, 0.15) is 34.6 Å². The minimum Gasteiger partial charge on any atom is -0.394 e. The number of aliphatic hydroxyl groups excluding tert-OH is 1. The second-order valence-corrected chi connectivity index (χ2v) is 6.30. The first-order chi connectivity index (χ1) is 7.77. The van der Waals surface area contributed by atoms with Gasteiger partial charge in [-0.15, -0.1) is 0 Å². The molecule has 0 aliphatic carbocycles. The number of carbonyl (C=O) groups is 1. The Labute approximate surface area is 104 Å². The van der Waals surface area contributed by atoms with Gasteiger partial charge in [-0.2, -0.15) is 0 Å². The minimum absolute atomic E-state index is 0.0274. The zero-order valence-corrected chi connectivity index (χ0v) is 11.7. The van der Waals surface area contributed by atoms with Crippen molar-refractivity contribution in [3.05, 3.63) is 0 Å². The molecular formula is C13H26N2O2. The zero-order valence-electron chi connectivity index (χ0n) is 11.7. The summed E-state index contributed by atoms with van der Waals surface area (Å²) < 4.78 is 0. The Morgan fingerprint density at radius 1 is 1.47 bits per heavy atom. The molecule has 1 amide bonds. The maximum Gasteiger partial charge on any atom is 0.228 e. The van der Waals surface area contributed by atoms with Gasteiger partial charge in [0.2, 0.25) is 5.91 Å². The highest BCUT2D eigenvalue weighted by atomic mass is 16.3. The van der Waals surface area contributed by atoms with Gasteiger partial charge in [-0.3, -0.25) is 4.79 Å². The third-order valence-electron chi connectivity index (χ3n) is 3.37. The lowest BCUT2D eigenvalue weighted by atomic mass is 9.91. The van der Waals surface area contributed by atoms with Crippen molar-refractivity contribution in [3.8, 4) is 0 Å². The number of piperazine rings is 1. The largest absolute Gasteiger partial charge is 0.394 e. The molecule has 1 rings (SSSR count). The Bertz CT molecular complexity index is 271. The zero-order chi connectivity index (χ0) is 13.2. The number of nitrogens with zero attached hydrogens (tertiary/aromatic N) is 1. The van der Waals surface area contributed by atoms with Gasteiger partial charge in [0.05, 0.1) is 12.6 Å². The Morgan fingerprint density at radius 3 is 2.47 bits per heavy atom. The van der Waals surface area contributed by atoms with E-state index in [2.05, 4.69) is 19.2 Å². The monoisotopic (exact) mass is 242 g/mol. The van der Waals surface area contributed by atoms with Crippen molar-refractivity contribution in [1.29, 1.82) is 0 Å². The van der Waals surface area contributed by atoms with Crippen molar-refractivity contribution >= 4 is 5.91 Å². The van der Waals surface area contributed by atoms with Crippen LogP contribution in [0.5, 0.6) is 0 Å². The number of rotatable bonds is 2. The molecule has 2 atom stereocenters. The summed E-state index contributed by atoms with van der Waals surface area (Å²) >= 11 is 0. The van der Waals surface area contributed by atoms with Gasteiger partial charge < -0.3 is 15.3 Å². The Kier molecular flexibility index (Phi) is 4.55. The lowest BCUT2D eigenvalue weighted by molar-refractivity contribution is -0.145. The third-order valence-corrected chi connectivity index (χ3v) is 3.37. The van der Waals surface area contributed by atoms with Crippen molar-refractivity contribution in [2.45, 2.75) is 46.7 Å². The second-order valence-electron chi connectivity index (χ2n) is 6.30. The first-order valence-corrected chi connectivity index (χ1v) is 6.42. The first kappa shape index (κ1) is 14.5. The number of amides is 1. The van der Waals surface area contributed by atoms with Crippen LogP contribution in [-0.2, 0) is 4.79 Å². The molecule has 0 aromatic heterocycles. The Balaban J connectivity index is 2.80. The van der Waals surface area contributed by atoms with Crippen molar-refractivity contribution in [2.24, 2.45) is 11.3 Å². The summed E-state index contributed by atoms with van der Waals surface area (Å²) in [5.74, 6) is 0.619. The average molecular weight is 242 g/mol. The number of hydrogen-bond acceptors (Lipinski definition) is 3. The van der Waals surface area contributed by atoms with E-state index in [0.29, 0.717) is 25.0 Å². The van der Waals surface area contributed by atoms with Gasteiger partial charge in [0, 0.05) is 24.5 Å². The van der Waals surface area contributed by atoms with Gasteiger partial charge in [-0.1, -0.05) is 34.6 Å². The number of hydrogen-bond donors (Lipinski definition) is 2. The van der Waals surface area contributed by atoms with Crippen LogP contribution < -0.4 is 5.32 Å².